The number of nitrogens with one attached hydrogen (secondary N) is 2. The lowest BCUT2D eigenvalue weighted by Crippen LogP contribution is -2.46. The summed E-state index contributed by atoms with van der Waals surface area (Å²) >= 11 is 0. The van der Waals surface area contributed by atoms with Crippen LogP contribution in [0, 0.1) is 5.92 Å². The second-order valence-corrected chi connectivity index (χ2v) is 6.36. The normalized spacial score (nSPS) is 24.4. The monoisotopic (exact) mass is 371 g/mol. The largest absolute Gasteiger partial charge is 0.389 e. The van der Waals surface area contributed by atoms with Crippen molar-refractivity contribution in [2.45, 2.75) is 50.7 Å². The van der Waals surface area contributed by atoms with Crippen LogP contribution in [0.5, 0.6) is 0 Å². The van der Waals surface area contributed by atoms with Crippen molar-refractivity contribution in [2.75, 3.05) is 26.2 Å². The Morgan fingerprint density at radius 3 is 2.58 bits per heavy atom. The first-order valence-corrected chi connectivity index (χ1v) is 8.21. The number of amides is 2. The van der Waals surface area contributed by atoms with E-state index in [1.807, 2.05) is 0 Å². The Kier molecular flexibility index (Phi) is 8.29. The molecule has 9 heteroatoms. The zero-order valence-electron chi connectivity index (χ0n) is 13.5. The molecule has 2 fully saturated rings. The fourth-order valence-electron chi connectivity index (χ4n) is 3.14. The van der Waals surface area contributed by atoms with Crippen molar-refractivity contribution in [2.24, 2.45) is 5.92 Å². The Labute approximate surface area is 146 Å². The molecular formula is C15H25ClF3N3O2. The third-order valence-electron chi connectivity index (χ3n) is 4.44. The molecule has 2 amide bonds. The number of nitrogens with zero attached hydrogens (tertiary/aromatic N) is 1. The molecule has 24 heavy (non-hydrogen) atoms. The van der Waals surface area contributed by atoms with Gasteiger partial charge in [0.1, 0.15) is 0 Å². The predicted molar refractivity (Wildman–Crippen MR) is 85.9 cm³/mol. The number of carbonyl (C=O) groups is 2. The van der Waals surface area contributed by atoms with Crippen LogP contribution < -0.4 is 10.6 Å². The first kappa shape index (κ1) is 21.0. The summed E-state index contributed by atoms with van der Waals surface area (Å²) in [6.45, 7) is 2.25. The van der Waals surface area contributed by atoms with Crippen LogP contribution >= 0.6 is 12.4 Å². The van der Waals surface area contributed by atoms with Crippen molar-refractivity contribution in [1.82, 2.24) is 15.5 Å². The smallest absolute Gasteiger partial charge is 0.354 e. The SMILES string of the molecule is Cl.O=C(NCC1CCCN(C(=O)CCC(F)(F)F)C1)C1CCCN1. The molecule has 2 rings (SSSR count). The molecule has 0 aliphatic carbocycles. The van der Waals surface area contributed by atoms with E-state index in [4.69, 9.17) is 0 Å². The van der Waals surface area contributed by atoms with Crippen molar-refractivity contribution in [3.05, 3.63) is 0 Å². The molecule has 2 saturated heterocycles. The highest BCUT2D eigenvalue weighted by atomic mass is 35.5. The van der Waals surface area contributed by atoms with Crippen molar-refractivity contribution >= 4 is 24.2 Å². The fourth-order valence-corrected chi connectivity index (χ4v) is 3.14. The van der Waals surface area contributed by atoms with Gasteiger partial charge in [-0.05, 0) is 38.1 Å². The van der Waals surface area contributed by atoms with Crippen molar-refractivity contribution in [1.29, 1.82) is 0 Å². The third-order valence-corrected chi connectivity index (χ3v) is 4.44. The molecule has 2 aliphatic heterocycles. The van der Waals surface area contributed by atoms with E-state index in [9.17, 15) is 22.8 Å². The highest BCUT2D eigenvalue weighted by Crippen LogP contribution is 2.23. The molecule has 2 aliphatic rings. The lowest BCUT2D eigenvalue weighted by molar-refractivity contribution is -0.150. The van der Waals surface area contributed by atoms with E-state index in [1.165, 1.54) is 4.90 Å². The second kappa shape index (κ2) is 9.46. The maximum Gasteiger partial charge on any atom is 0.389 e. The molecule has 140 valence electrons. The van der Waals surface area contributed by atoms with E-state index < -0.39 is 24.9 Å². The molecule has 2 unspecified atom stereocenters. The number of piperidine rings is 1. The van der Waals surface area contributed by atoms with Crippen LogP contribution in [0.3, 0.4) is 0 Å². The number of carbonyl (C=O) groups excluding carboxylic acids is 2. The highest BCUT2D eigenvalue weighted by molar-refractivity contribution is 5.85. The van der Waals surface area contributed by atoms with Crippen LogP contribution in [0.25, 0.3) is 0 Å². The van der Waals surface area contributed by atoms with Crippen molar-refractivity contribution < 1.29 is 22.8 Å². The van der Waals surface area contributed by atoms with Crippen LogP contribution in [0.2, 0.25) is 0 Å². The molecular weight excluding hydrogens is 347 g/mol. The molecule has 0 bridgehead atoms. The standard InChI is InChI=1S/C15H24F3N3O2.ClH/c16-15(17,18)6-5-13(22)21-8-2-3-11(10-21)9-20-14(23)12-4-1-7-19-12;/h11-12,19H,1-10H2,(H,20,23);1H. The average Bonchev–Trinajstić information content (AvgIpc) is 3.04. The highest BCUT2D eigenvalue weighted by Gasteiger charge is 2.31. The van der Waals surface area contributed by atoms with Gasteiger partial charge in [-0.25, -0.2) is 0 Å². The summed E-state index contributed by atoms with van der Waals surface area (Å²) in [6, 6.07) is -0.136. The van der Waals surface area contributed by atoms with Gasteiger partial charge in [0, 0.05) is 26.1 Å². The molecule has 0 aromatic rings. The minimum atomic E-state index is -4.30. The molecule has 2 heterocycles. The second-order valence-electron chi connectivity index (χ2n) is 6.36. The maximum atomic E-state index is 12.2. The van der Waals surface area contributed by atoms with Gasteiger partial charge in [-0.15, -0.1) is 12.4 Å². The Morgan fingerprint density at radius 1 is 1.21 bits per heavy atom. The van der Waals surface area contributed by atoms with Gasteiger partial charge in [0.2, 0.25) is 11.8 Å². The summed E-state index contributed by atoms with van der Waals surface area (Å²) in [4.78, 5) is 25.3. The maximum absolute atomic E-state index is 12.2. The Bertz CT molecular complexity index is 429. The van der Waals surface area contributed by atoms with Gasteiger partial charge < -0.3 is 15.5 Å². The Hall–Kier alpha value is -1.02. The van der Waals surface area contributed by atoms with Crippen molar-refractivity contribution in [3.63, 3.8) is 0 Å². The van der Waals surface area contributed by atoms with Gasteiger partial charge in [0.05, 0.1) is 12.5 Å². The number of hydrogen-bond donors (Lipinski definition) is 2. The van der Waals surface area contributed by atoms with Gasteiger partial charge in [-0.2, -0.15) is 13.2 Å². The summed E-state index contributed by atoms with van der Waals surface area (Å²) in [5.41, 5.74) is 0. The molecule has 0 aromatic heterocycles. The minimum absolute atomic E-state index is 0. The minimum Gasteiger partial charge on any atom is -0.354 e. The molecule has 2 N–H and O–H groups in total. The average molecular weight is 372 g/mol. The molecule has 2 atom stereocenters. The number of likely N-dealkylation sites (tertiary alicyclic amines) is 1. The first-order chi connectivity index (χ1) is 10.8. The van der Waals surface area contributed by atoms with Crippen LogP contribution in [0.1, 0.15) is 38.5 Å². The van der Waals surface area contributed by atoms with E-state index in [-0.39, 0.29) is 30.3 Å². The van der Waals surface area contributed by atoms with E-state index in [0.29, 0.717) is 19.6 Å². The zero-order valence-corrected chi connectivity index (χ0v) is 14.3. The van der Waals surface area contributed by atoms with Crippen LogP contribution in [-0.2, 0) is 9.59 Å². The molecule has 0 saturated carbocycles. The van der Waals surface area contributed by atoms with Crippen LogP contribution in [-0.4, -0.2) is 55.1 Å². The van der Waals surface area contributed by atoms with Crippen molar-refractivity contribution in [3.8, 4) is 0 Å². The van der Waals surface area contributed by atoms with E-state index in [1.54, 1.807) is 0 Å². The fraction of sp³-hybridized carbons (Fsp3) is 0.867. The lowest BCUT2D eigenvalue weighted by atomic mass is 9.97. The van der Waals surface area contributed by atoms with Gasteiger partial charge in [0.15, 0.2) is 0 Å². The predicted octanol–water partition coefficient (Wildman–Crippen LogP) is 1.86. The third kappa shape index (κ3) is 6.84. The molecule has 0 aromatic carbocycles. The molecule has 0 radical (unpaired) electrons. The number of hydrogen-bond acceptors (Lipinski definition) is 3. The van der Waals surface area contributed by atoms with Gasteiger partial charge in [0.25, 0.3) is 0 Å². The van der Waals surface area contributed by atoms with Gasteiger partial charge in [-0.1, -0.05) is 0 Å². The topological polar surface area (TPSA) is 61.4 Å². The van der Waals surface area contributed by atoms with Gasteiger partial charge in [-0.3, -0.25) is 9.59 Å². The summed E-state index contributed by atoms with van der Waals surface area (Å²) in [5, 5.41) is 6.01. The lowest BCUT2D eigenvalue weighted by Gasteiger charge is -2.33. The summed E-state index contributed by atoms with van der Waals surface area (Å²) in [5.74, 6) is -0.359. The summed E-state index contributed by atoms with van der Waals surface area (Å²) in [6.07, 6.45) is -2.40. The van der Waals surface area contributed by atoms with Crippen LogP contribution in [0.15, 0.2) is 0 Å². The number of halogens is 4. The first-order valence-electron chi connectivity index (χ1n) is 8.21. The quantitative estimate of drug-likeness (QED) is 0.775. The number of rotatable bonds is 5. The summed E-state index contributed by atoms with van der Waals surface area (Å²) in [7, 11) is 0. The van der Waals surface area contributed by atoms with E-state index in [2.05, 4.69) is 10.6 Å². The van der Waals surface area contributed by atoms with Gasteiger partial charge >= 0.3 is 6.18 Å². The Morgan fingerprint density at radius 2 is 1.96 bits per heavy atom. The molecule has 5 nitrogen and oxygen atoms in total. The van der Waals surface area contributed by atoms with E-state index >= 15 is 0 Å². The number of alkyl halides is 3. The molecule has 0 spiro atoms. The van der Waals surface area contributed by atoms with Crippen LogP contribution in [0.4, 0.5) is 13.2 Å². The Balaban J connectivity index is 0.00000288. The van der Waals surface area contributed by atoms with E-state index in [0.717, 1.165) is 32.2 Å². The summed E-state index contributed by atoms with van der Waals surface area (Å²) < 4.78 is 36.6. The zero-order chi connectivity index (χ0) is 16.9.